The molecular formula is C12H13NO4. The number of carbonyl (C=O) groups excluding carboxylic acids is 1. The Morgan fingerprint density at radius 3 is 2.76 bits per heavy atom. The Bertz CT molecular complexity index is 418. The number of carboxylic acids is 1. The molecule has 0 aromatic heterocycles. The molecule has 2 rings (SSSR count). The molecule has 1 amide bonds. The van der Waals surface area contributed by atoms with Crippen LogP contribution in [0.15, 0.2) is 30.3 Å². The third kappa shape index (κ3) is 2.55. The minimum absolute atomic E-state index is 0.0324. The summed E-state index contributed by atoms with van der Waals surface area (Å²) in [7, 11) is 0. The maximum absolute atomic E-state index is 11.6. The fraction of sp³-hybridized carbons (Fsp3) is 0.333. The molecule has 1 aromatic rings. The van der Waals surface area contributed by atoms with Crippen molar-refractivity contribution in [3.05, 3.63) is 30.3 Å². The maximum Gasteiger partial charge on any atom is 0.414 e. The Morgan fingerprint density at radius 1 is 1.41 bits per heavy atom. The second-order valence-electron chi connectivity index (χ2n) is 3.87. The van der Waals surface area contributed by atoms with Crippen LogP contribution in [0.25, 0.3) is 0 Å². The van der Waals surface area contributed by atoms with Gasteiger partial charge in [-0.05, 0) is 18.6 Å². The lowest BCUT2D eigenvalue weighted by Crippen LogP contribution is -2.33. The molecule has 1 saturated heterocycles. The number of amides is 1. The summed E-state index contributed by atoms with van der Waals surface area (Å²) >= 11 is 0. The van der Waals surface area contributed by atoms with E-state index in [4.69, 9.17) is 9.84 Å². The van der Waals surface area contributed by atoms with Crippen molar-refractivity contribution in [1.82, 2.24) is 0 Å². The zero-order chi connectivity index (χ0) is 12.3. The van der Waals surface area contributed by atoms with E-state index in [1.807, 2.05) is 18.2 Å². The Kier molecular flexibility index (Phi) is 3.27. The van der Waals surface area contributed by atoms with Crippen LogP contribution in [-0.4, -0.2) is 29.8 Å². The lowest BCUT2D eigenvalue weighted by atomic mass is 10.1. The Labute approximate surface area is 98.6 Å². The summed E-state index contributed by atoms with van der Waals surface area (Å²) in [5.74, 6) is -0.864. The van der Waals surface area contributed by atoms with Crippen LogP contribution < -0.4 is 4.90 Å². The molecule has 1 N–H and O–H groups in total. The summed E-state index contributed by atoms with van der Waals surface area (Å²) in [5.41, 5.74) is 0.741. The molecule has 0 aliphatic carbocycles. The van der Waals surface area contributed by atoms with Crippen LogP contribution in [0, 0.1) is 0 Å². The molecule has 90 valence electrons. The van der Waals surface area contributed by atoms with Gasteiger partial charge in [-0.15, -0.1) is 0 Å². The van der Waals surface area contributed by atoms with E-state index < -0.39 is 12.1 Å². The van der Waals surface area contributed by atoms with Gasteiger partial charge < -0.3 is 9.84 Å². The van der Waals surface area contributed by atoms with Gasteiger partial charge in [0.05, 0.1) is 6.04 Å². The normalized spacial score (nSPS) is 19.2. The number of rotatable bonds is 4. The molecule has 0 saturated carbocycles. The highest BCUT2D eigenvalue weighted by Gasteiger charge is 2.34. The summed E-state index contributed by atoms with van der Waals surface area (Å²) in [4.78, 5) is 23.6. The van der Waals surface area contributed by atoms with Crippen LogP contribution in [-0.2, 0) is 9.53 Å². The van der Waals surface area contributed by atoms with Crippen molar-refractivity contribution in [2.45, 2.75) is 18.9 Å². The SMILES string of the molecule is O=C(O)CCC1COC(=O)N1c1ccccc1. The van der Waals surface area contributed by atoms with Gasteiger partial charge in [0.15, 0.2) is 0 Å². The molecule has 1 aliphatic rings. The van der Waals surface area contributed by atoms with E-state index in [9.17, 15) is 9.59 Å². The second kappa shape index (κ2) is 4.86. The average Bonchev–Trinajstić information content (AvgIpc) is 2.69. The first-order chi connectivity index (χ1) is 8.18. The van der Waals surface area contributed by atoms with Crippen molar-refractivity contribution in [3.8, 4) is 0 Å². The standard InChI is InChI=1S/C12H13NO4/c14-11(15)7-6-10-8-17-12(16)13(10)9-4-2-1-3-5-9/h1-5,10H,6-8H2,(H,14,15). The molecule has 1 unspecified atom stereocenters. The molecule has 1 aromatic carbocycles. The zero-order valence-electron chi connectivity index (χ0n) is 9.20. The number of hydrogen-bond acceptors (Lipinski definition) is 3. The number of nitrogens with zero attached hydrogens (tertiary/aromatic N) is 1. The molecule has 1 atom stereocenters. The van der Waals surface area contributed by atoms with E-state index in [1.54, 1.807) is 12.1 Å². The summed E-state index contributed by atoms with van der Waals surface area (Å²) in [6.45, 7) is 0.251. The molecule has 5 heteroatoms. The largest absolute Gasteiger partial charge is 0.481 e. The molecular weight excluding hydrogens is 222 g/mol. The first-order valence-electron chi connectivity index (χ1n) is 5.41. The molecule has 1 aliphatic heterocycles. The minimum atomic E-state index is -0.864. The Hall–Kier alpha value is -2.04. The van der Waals surface area contributed by atoms with Crippen molar-refractivity contribution in [3.63, 3.8) is 0 Å². The Morgan fingerprint density at radius 2 is 2.12 bits per heavy atom. The van der Waals surface area contributed by atoms with Gasteiger partial charge in [0.25, 0.3) is 0 Å². The smallest absolute Gasteiger partial charge is 0.414 e. The lowest BCUT2D eigenvalue weighted by molar-refractivity contribution is -0.137. The van der Waals surface area contributed by atoms with Crippen molar-refractivity contribution >= 4 is 17.7 Å². The van der Waals surface area contributed by atoms with Gasteiger partial charge in [0.2, 0.25) is 0 Å². The first kappa shape index (κ1) is 11.4. The van der Waals surface area contributed by atoms with Crippen LogP contribution in [0.1, 0.15) is 12.8 Å². The second-order valence-corrected chi connectivity index (χ2v) is 3.87. The minimum Gasteiger partial charge on any atom is -0.481 e. The van der Waals surface area contributed by atoms with Crippen molar-refractivity contribution in [1.29, 1.82) is 0 Å². The van der Waals surface area contributed by atoms with E-state index in [0.29, 0.717) is 6.42 Å². The number of hydrogen-bond donors (Lipinski definition) is 1. The molecule has 0 spiro atoms. The van der Waals surface area contributed by atoms with Gasteiger partial charge in [-0.3, -0.25) is 9.69 Å². The summed E-state index contributed by atoms with van der Waals surface area (Å²) in [6, 6.07) is 8.93. The third-order valence-electron chi connectivity index (χ3n) is 2.69. The molecule has 0 radical (unpaired) electrons. The lowest BCUT2D eigenvalue weighted by Gasteiger charge is -2.20. The van der Waals surface area contributed by atoms with Gasteiger partial charge >= 0.3 is 12.1 Å². The van der Waals surface area contributed by atoms with Crippen LogP contribution in [0.4, 0.5) is 10.5 Å². The number of para-hydroxylation sites is 1. The number of ether oxygens (including phenoxy) is 1. The van der Waals surface area contributed by atoms with Gasteiger partial charge in [0, 0.05) is 12.1 Å². The Balaban J connectivity index is 2.12. The van der Waals surface area contributed by atoms with E-state index in [2.05, 4.69) is 0 Å². The number of carboxylic acid groups (broad SMARTS) is 1. The predicted molar refractivity (Wildman–Crippen MR) is 60.9 cm³/mol. The fourth-order valence-electron chi connectivity index (χ4n) is 1.87. The fourth-order valence-corrected chi connectivity index (χ4v) is 1.87. The molecule has 1 heterocycles. The number of cyclic esters (lactones) is 1. The average molecular weight is 235 g/mol. The molecule has 0 bridgehead atoms. The van der Waals surface area contributed by atoms with E-state index in [-0.39, 0.29) is 19.1 Å². The number of carbonyl (C=O) groups is 2. The highest BCUT2D eigenvalue weighted by molar-refractivity contribution is 5.90. The van der Waals surface area contributed by atoms with E-state index in [1.165, 1.54) is 4.90 Å². The van der Waals surface area contributed by atoms with Crippen molar-refractivity contribution in [2.24, 2.45) is 0 Å². The first-order valence-corrected chi connectivity index (χ1v) is 5.41. The van der Waals surface area contributed by atoms with E-state index in [0.717, 1.165) is 5.69 Å². The zero-order valence-corrected chi connectivity index (χ0v) is 9.20. The summed E-state index contributed by atoms with van der Waals surface area (Å²) < 4.78 is 4.96. The van der Waals surface area contributed by atoms with Crippen molar-refractivity contribution in [2.75, 3.05) is 11.5 Å². The van der Waals surface area contributed by atoms with Crippen LogP contribution >= 0.6 is 0 Å². The van der Waals surface area contributed by atoms with Crippen LogP contribution in [0.5, 0.6) is 0 Å². The monoisotopic (exact) mass is 235 g/mol. The quantitative estimate of drug-likeness (QED) is 0.865. The summed E-state index contributed by atoms with van der Waals surface area (Å²) in [6.07, 6.45) is 0.0206. The third-order valence-corrected chi connectivity index (χ3v) is 2.69. The highest BCUT2D eigenvalue weighted by Crippen LogP contribution is 2.24. The summed E-state index contributed by atoms with van der Waals surface area (Å²) in [5, 5.41) is 8.65. The molecule has 5 nitrogen and oxygen atoms in total. The number of aliphatic carboxylic acids is 1. The predicted octanol–water partition coefficient (Wildman–Crippen LogP) is 1.88. The van der Waals surface area contributed by atoms with Crippen molar-refractivity contribution < 1.29 is 19.4 Å². The molecule has 17 heavy (non-hydrogen) atoms. The topological polar surface area (TPSA) is 66.8 Å². The van der Waals surface area contributed by atoms with Gasteiger partial charge in [-0.25, -0.2) is 4.79 Å². The van der Waals surface area contributed by atoms with Crippen LogP contribution in [0.2, 0.25) is 0 Å². The number of anilines is 1. The van der Waals surface area contributed by atoms with Gasteiger partial charge in [-0.1, -0.05) is 18.2 Å². The van der Waals surface area contributed by atoms with Crippen LogP contribution in [0.3, 0.4) is 0 Å². The molecule has 1 fully saturated rings. The highest BCUT2D eigenvalue weighted by atomic mass is 16.6. The van der Waals surface area contributed by atoms with Gasteiger partial charge in [-0.2, -0.15) is 0 Å². The maximum atomic E-state index is 11.6. The van der Waals surface area contributed by atoms with Gasteiger partial charge in [0.1, 0.15) is 6.61 Å². The number of benzene rings is 1. The van der Waals surface area contributed by atoms with E-state index >= 15 is 0 Å².